The van der Waals surface area contributed by atoms with Crippen LogP contribution in [0.15, 0.2) is 82.6 Å². The lowest BCUT2D eigenvalue weighted by Crippen LogP contribution is -2.27. The zero-order valence-electron chi connectivity index (χ0n) is 19.7. The molecule has 0 unspecified atom stereocenters. The number of nitrogens with zero attached hydrogens (tertiary/aromatic N) is 5. The first-order chi connectivity index (χ1) is 16.6. The summed E-state index contributed by atoms with van der Waals surface area (Å²) in [5.41, 5.74) is 3.11. The summed E-state index contributed by atoms with van der Waals surface area (Å²) in [5, 5.41) is 9.62. The third kappa shape index (κ3) is 5.34. The van der Waals surface area contributed by atoms with Gasteiger partial charge in [-0.15, -0.1) is 10.2 Å². The molecule has 2 heterocycles. The average molecular weight is 476 g/mol. The highest BCUT2D eigenvalue weighted by molar-refractivity contribution is 7.99. The summed E-state index contributed by atoms with van der Waals surface area (Å²) in [6.07, 6.45) is 1.61. The van der Waals surface area contributed by atoms with Gasteiger partial charge in [-0.25, -0.2) is 0 Å². The van der Waals surface area contributed by atoms with Gasteiger partial charge in [-0.3, -0.25) is 9.36 Å². The summed E-state index contributed by atoms with van der Waals surface area (Å²) in [5.74, 6) is 1.75. The number of benzene rings is 2. The van der Waals surface area contributed by atoms with Crippen LogP contribution in [0.2, 0.25) is 0 Å². The third-order valence-corrected chi connectivity index (χ3v) is 6.54. The summed E-state index contributed by atoms with van der Waals surface area (Å²) >= 11 is 1.38. The first kappa shape index (κ1) is 23.6. The summed E-state index contributed by atoms with van der Waals surface area (Å²) in [6.45, 7) is 6.65. The highest BCUT2D eigenvalue weighted by Gasteiger charge is 2.19. The minimum Gasteiger partial charge on any atom is -0.467 e. The van der Waals surface area contributed by atoms with Crippen molar-refractivity contribution >= 4 is 23.4 Å². The second-order valence-corrected chi connectivity index (χ2v) is 8.76. The van der Waals surface area contributed by atoms with Crippen LogP contribution in [0.3, 0.4) is 0 Å². The number of para-hydroxylation sites is 1. The largest absolute Gasteiger partial charge is 0.467 e. The van der Waals surface area contributed by atoms with Gasteiger partial charge in [0.05, 0.1) is 18.6 Å². The van der Waals surface area contributed by atoms with Gasteiger partial charge in [0, 0.05) is 37.1 Å². The van der Waals surface area contributed by atoms with Crippen LogP contribution < -0.4 is 4.90 Å². The van der Waals surface area contributed by atoms with Gasteiger partial charge in [-0.05, 0) is 62.4 Å². The molecule has 176 valence electrons. The molecule has 0 saturated carbocycles. The Labute approximate surface area is 204 Å². The molecule has 8 heteroatoms. The molecule has 0 saturated heterocycles. The average Bonchev–Trinajstić information content (AvgIpc) is 3.54. The van der Waals surface area contributed by atoms with Gasteiger partial charge >= 0.3 is 0 Å². The topological polar surface area (TPSA) is 67.4 Å². The Kier molecular flexibility index (Phi) is 7.69. The first-order valence-electron chi connectivity index (χ1n) is 11.4. The molecule has 4 aromatic rings. The third-order valence-electron chi connectivity index (χ3n) is 5.63. The maximum atomic E-state index is 12.7. The maximum absolute atomic E-state index is 12.7. The molecule has 0 fully saturated rings. The predicted octanol–water partition coefficient (Wildman–Crippen LogP) is 5.12. The smallest absolute Gasteiger partial charge is 0.233 e. The molecule has 2 aromatic heterocycles. The van der Waals surface area contributed by atoms with Gasteiger partial charge in [0.15, 0.2) is 11.0 Å². The number of carbonyl (C=O) groups excluding carboxylic acids is 1. The van der Waals surface area contributed by atoms with E-state index in [9.17, 15) is 4.79 Å². The lowest BCUT2D eigenvalue weighted by atomic mass is 10.1. The minimum atomic E-state index is -0.00543. The fourth-order valence-corrected chi connectivity index (χ4v) is 4.62. The van der Waals surface area contributed by atoms with Crippen LogP contribution in [-0.2, 0) is 11.3 Å². The highest BCUT2D eigenvalue weighted by Crippen LogP contribution is 2.29. The Hall–Kier alpha value is -3.52. The lowest BCUT2D eigenvalue weighted by molar-refractivity contribution is -0.127. The van der Waals surface area contributed by atoms with Gasteiger partial charge in [0.25, 0.3) is 0 Å². The highest BCUT2D eigenvalue weighted by atomic mass is 32.2. The van der Waals surface area contributed by atoms with Crippen molar-refractivity contribution < 1.29 is 9.21 Å². The zero-order chi connectivity index (χ0) is 23.9. The Morgan fingerprint density at radius 3 is 2.35 bits per heavy atom. The molecule has 0 aliphatic heterocycles. The molecular weight excluding hydrogens is 446 g/mol. The molecule has 0 aliphatic rings. The van der Waals surface area contributed by atoms with Crippen LogP contribution in [0.5, 0.6) is 0 Å². The van der Waals surface area contributed by atoms with Gasteiger partial charge in [0.1, 0.15) is 5.76 Å². The lowest BCUT2D eigenvalue weighted by Gasteiger charge is -2.21. The van der Waals surface area contributed by atoms with E-state index in [-0.39, 0.29) is 11.7 Å². The Morgan fingerprint density at radius 1 is 0.971 bits per heavy atom. The van der Waals surface area contributed by atoms with Crippen LogP contribution in [0.4, 0.5) is 5.69 Å². The molecule has 1 amide bonds. The van der Waals surface area contributed by atoms with E-state index in [2.05, 4.69) is 53.2 Å². The number of hydrogen-bond acceptors (Lipinski definition) is 6. The number of thioether (sulfide) groups is 1. The molecule has 4 rings (SSSR count). The zero-order valence-corrected chi connectivity index (χ0v) is 20.5. The maximum Gasteiger partial charge on any atom is 0.233 e. The van der Waals surface area contributed by atoms with E-state index in [1.54, 1.807) is 18.2 Å². The van der Waals surface area contributed by atoms with Crippen LogP contribution in [0.25, 0.3) is 17.1 Å². The van der Waals surface area contributed by atoms with E-state index in [0.717, 1.165) is 35.9 Å². The number of rotatable bonds is 10. The normalized spacial score (nSPS) is 10.9. The number of furan rings is 1. The number of amides is 1. The molecule has 0 bridgehead atoms. The number of aromatic nitrogens is 3. The van der Waals surface area contributed by atoms with Crippen molar-refractivity contribution in [3.63, 3.8) is 0 Å². The summed E-state index contributed by atoms with van der Waals surface area (Å²) in [4.78, 5) is 16.7. The van der Waals surface area contributed by atoms with E-state index >= 15 is 0 Å². The fourth-order valence-electron chi connectivity index (χ4n) is 3.73. The van der Waals surface area contributed by atoms with E-state index in [4.69, 9.17) is 4.42 Å². The SMILES string of the molecule is CCN(CC)c1ccc(-c2nnc(SCC(=O)N(C)Cc3ccco3)n2-c2ccccc2)cc1. The van der Waals surface area contributed by atoms with Gasteiger partial charge in [-0.2, -0.15) is 0 Å². The monoisotopic (exact) mass is 475 g/mol. The van der Waals surface area contributed by atoms with E-state index < -0.39 is 0 Å². The van der Waals surface area contributed by atoms with Crippen molar-refractivity contribution in [2.75, 3.05) is 30.8 Å². The first-order valence-corrected chi connectivity index (χ1v) is 12.3. The van der Waals surface area contributed by atoms with Crippen molar-refractivity contribution in [1.82, 2.24) is 19.7 Å². The van der Waals surface area contributed by atoms with Crippen molar-refractivity contribution in [3.8, 4) is 17.1 Å². The van der Waals surface area contributed by atoms with E-state index in [1.165, 1.54) is 17.4 Å². The molecular formula is C26H29N5O2S. The summed E-state index contributed by atoms with van der Waals surface area (Å²) in [6, 6.07) is 22.1. The van der Waals surface area contributed by atoms with Gasteiger partial charge < -0.3 is 14.2 Å². The summed E-state index contributed by atoms with van der Waals surface area (Å²) < 4.78 is 7.36. The molecule has 0 N–H and O–H groups in total. The van der Waals surface area contributed by atoms with Crippen molar-refractivity contribution in [2.24, 2.45) is 0 Å². The molecule has 0 aliphatic carbocycles. The number of carbonyl (C=O) groups is 1. The van der Waals surface area contributed by atoms with Crippen molar-refractivity contribution in [1.29, 1.82) is 0 Å². The molecule has 0 atom stereocenters. The number of anilines is 1. The molecule has 7 nitrogen and oxygen atoms in total. The Balaban J connectivity index is 1.57. The van der Waals surface area contributed by atoms with Gasteiger partial charge in [0.2, 0.25) is 5.91 Å². The molecule has 0 radical (unpaired) electrons. The predicted molar refractivity (Wildman–Crippen MR) is 136 cm³/mol. The van der Waals surface area contributed by atoms with Crippen LogP contribution in [0, 0.1) is 0 Å². The molecule has 2 aromatic carbocycles. The van der Waals surface area contributed by atoms with E-state index in [0.29, 0.717) is 11.7 Å². The van der Waals surface area contributed by atoms with Crippen LogP contribution >= 0.6 is 11.8 Å². The molecule has 34 heavy (non-hydrogen) atoms. The van der Waals surface area contributed by atoms with Crippen LogP contribution in [0.1, 0.15) is 19.6 Å². The van der Waals surface area contributed by atoms with E-state index in [1.807, 2.05) is 47.0 Å². The quantitative estimate of drug-likeness (QED) is 0.297. The minimum absolute atomic E-state index is 0.00543. The second-order valence-electron chi connectivity index (χ2n) is 7.81. The summed E-state index contributed by atoms with van der Waals surface area (Å²) in [7, 11) is 1.77. The van der Waals surface area contributed by atoms with Crippen molar-refractivity contribution in [2.45, 2.75) is 25.5 Å². The van der Waals surface area contributed by atoms with Gasteiger partial charge in [-0.1, -0.05) is 30.0 Å². The Morgan fingerprint density at radius 2 is 1.71 bits per heavy atom. The van der Waals surface area contributed by atoms with Crippen molar-refractivity contribution in [3.05, 3.63) is 78.8 Å². The second kappa shape index (κ2) is 11.1. The fraction of sp³-hybridized carbons (Fsp3) is 0.269. The number of hydrogen-bond donors (Lipinski definition) is 0. The van der Waals surface area contributed by atoms with Crippen LogP contribution in [-0.4, -0.2) is 51.5 Å². The Bertz CT molecular complexity index is 1190. The standard InChI is InChI=1S/C26H29N5O2S/c1-4-30(5-2)21-15-13-20(14-16-21)25-27-28-26(31(25)22-10-7-6-8-11-22)34-19-24(32)29(3)18-23-12-9-17-33-23/h6-17H,4-5,18-19H2,1-3H3. The molecule has 0 spiro atoms.